The van der Waals surface area contributed by atoms with E-state index in [-0.39, 0.29) is 6.04 Å². The van der Waals surface area contributed by atoms with Crippen LogP contribution in [0, 0.1) is 0 Å². The molecular formula is C12H17NO. The minimum atomic E-state index is 0.0680. The van der Waals surface area contributed by atoms with Crippen molar-refractivity contribution in [1.29, 1.82) is 0 Å². The van der Waals surface area contributed by atoms with Gasteiger partial charge in [-0.1, -0.05) is 36.4 Å². The molecule has 0 aliphatic carbocycles. The maximum atomic E-state index is 5.85. The predicted molar refractivity (Wildman–Crippen MR) is 60.0 cm³/mol. The Hall–Kier alpha value is -1.12. The van der Waals surface area contributed by atoms with Gasteiger partial charge in [-0.15, -0.1) is 0 Å². The van der Waals surface area contributed by atoms with Crippen molar-refractivity contribution in [2.45, 2.75) is 13.0 Å². The molecule has 0 radical (unpaired) electrons. The van der Waals surface area contributed by atoms with Crippen LogP contribution in [0.25, 0.3) is 6.08 Å². The highest BCUT2D eigenvalue weighted by Gasteiger charge is 2.02. The van der Waals surface area contributed by atoms with E-state index in [9.17, 15) is 0 Å². The molecule has 2 nitrogen and oxygen atoms in total. The van der Waals surface area contributed by atoms with Gasteiger partial charge in [0.1, 0.15) is 0 Å². The maximum absolute atomic E-state index is 5.85. The highest BCUT2D eigenvalue weighted by atomic mass is 16.5. The minimum absolute atomic E-state index is 0.0680. The number of rotatable bonds is 4. The first-order valence-electron chi connectivity index (χ1n) is 4.75. The molecule has 2 N–H and O–H groups in total. The lowest BCUT2D eigenvalue weighted by Gasteiger charge is -2.08. The van der Waals surface area contributed by atoms with Crippen LogP contribution >= 0.6 is 0 Å². The fraction of sp³-hybridized carbons (Fsp3) is 0.333. The molecular weight excluding hydrogens is 174 g/mol. The third kappa shape index (κ3) is 2.98. The SMILES string of the molecule is COC/C=C/c1ccccc1[C@H](C)N. The maximum Gasteiger partial charge on any atom is 0.0646 e. The van der Waals surface area contributed by atoms with Crippen molar-refractivity contribution in [3.05, 3.63) is 41.5 Å². The number of ether oxygens (including phenoxy) is 1. The van der Waals surface area contributed by atoms with Crippen LogP contribution in [0.2, 0.25) is 0 Å². The van der Waals surface area contributed by atoms with E-state index in [1.54, 1.807) is 7.11 Å². The van der Waals surface area contributed by atoms with Gasteiger partial charge in [0.15, 0.2) is 0 Å². The van der Waals surface area contributed by atoms with Gasteiger partial charge in [0.25, 0.3) is 0 Å². The second kappa shape index (κ2) is 5.58. The molecule has 0 spiro atoms. The third-order valence-corrected chi connectivity index (χ3v) is 2.05. The van der Waals surface area contributed by atoms with Gasteiger partial charge in [-0.25, -0.2) is 0 Å². The highest BCUT2D eigenvalue weighted by molar-refractivity contribution is 5.54. The Morgan fingerprint density at radius 1 is 1.43 bits per heavy atom. The predicted octanol–water partition coefficient (Wildman–Crippen LogP) is 2.37. The molecule has 1 atom stereocenters. The van der Waals surface area contributed by atoms with Gasteiger partial charge in [-0.05, 0) is 18.1 Å². The van der Waals surface area contributed by atoms with E-state index in [0.29, 0.717) is 6.61 Å². The van der Waals surface area contributed by atoms with Gasteiger partial charge in [0.2, 0.25) is 0 Å². The lowest BCUT2D eigenvalue weighted by Crippen LogP contribution is -2.06. The van der Waals surface area contributed by atoms with Crippen molar-refractivity contribution in [3.8, 4) is 0 Å². The first-order valence-corrected chi connectivity index (χ1v) is 4.75. The quantitative estimate of drug-likeness (QED) is 0.793. The zero-order valence-electron chi connectivity index (χ0n) is 8.73. The first kappa shape index (κ1) is 11.0. The Morgan fingerprint density at radius 2 is 2.14 bits per heavy atom. The van der Waals surface area contributed by atoms with E-state index in [4.69, 9.17) is 10.5 Å². The number of benzene rings is 1. The summed E-state index contributed by atoms with van der Waals surface area (Å²) in [5.74, 6) is 0. The Labute approximate surface area is 85.4 Å². The molecule has 0 aliphatic heterocycles. The number of hydrogen-bond donors (Lipinski definition) is 1. The molecule has 0 saturated carbocycles. The summed E-state index contributed by atoms with van der Waals surface area (Å²) in [7, 11) is 1.68. The van der Waals surface area contributed by atoms with E-state index in [2.05, 4.69) is 12.1 Å². The minimum Gasteiger partial charge on any atom is -0.381 e. The molecule has 0 bridgehead atoms. The van der Waals surface area contributed by atoms with Crippen LogP contribution in [0.15, 0.2) is 30.3 Å². The summed E-state index contributed by atoms with van der Waals surface area (Å²) in [5, 5.41) is 0. The van der Waals surface area contributed by atoms with Gasteiger partial charge >= 0.3 is 0 Å². The molecule has 2 heteroatoms. The molecule has 0 saturated heterocycles. The summed E-state index contributed by atoms with van der Waals surface area (Å²) < 4.78 is 4.95. The number of hydrogen-bond acceptors (Lipinski definition) is 2. The highest BCUT2D eigenvalue weighted by Crippen LogP contribution is 2.16. The molecule has 0 unspecified atom stereocenters. The molecule has 0 amide bonds. The smallest absolute Gasteiger partial charge is 0.0646 e. The van der Waals surface area contributed by atoms with Crippen molar-refractivity contribution in [2.24, 2.45) is 5.73 Å². The topological polar surface area (TPSA) is 35.2 Å². The van der Waals surface area contributed by atoms with Crippen LogP contribution in [0.1, 0.15) is 24.1 Å². The fourth-order valence-corrected chi connectivity index (χ4v) is 1.35. The second-order valence-corrected chi connectivity index (χ2v) is 3.28. The van der Waals surface area contributed by atoms with Gasteiger partial charge in [0, 0.05) is 13.2 Å². The first-order chi connectivity index (χ1) is 6.75. The molecule has 14 heavy (non-hydrogen) atoms. The summed E-state index contributed by atoms with van der Waals surface area (Å²) in [6, 6.07) is 8.20. The standard InChI is InChI=1S/C12H17NO/c1-10(13)12-8-4-3-6-11(12)7-5-9-14-2/h3-8,10H,9,13H2,1-2H3/b7-5+/t10-/m0/s1. The van der Waals surface area contributed by atoms with E-state index < -0.39 is 0 Å². The van der Waals surface area contributed by atoms with Crippen molar-refractivity contribution in [2.75, 3.05) is 13.7 Å². The molecule has 0 heterocycles. The van der Waals surface area contributed by atoms with E-state index in [0.717, 1.165) is 0 Å². The van der Waals surface area contributed by atoms with E-state index >= 15 is 0 Å². The summed E-state index contributed by atoms with van der Waals surface area (Å²) in [5.41, 5.74) is 8.19. The molecule has 0 aromatic heterocycles. The average Bonchev–Trinajstić information content (AvgIpc) is 2.19. The summed E-state index contributed by atoms with van der Waals surface area (Å²) >= 11 is 0. The van der Waals surface area contributed by atoms with Crippen LogP contribution in [0.4, 0.5) is 0 Å². The second-order valence-electron chi connectivity index (χ2n) is 3.28. The largest absolute Gasteiger partial charge is 0.381 e. The van der Waals surface area contributed by atoms with Crippen LogP contribution in [-0.4, -0.2) is 13.7 Å². The zero-order chi connectivity index (χ0) is 10.4. The molecule has 1 aromatic rings. The summed E-state index contributed by atoms with van der Waals surface area (Å²) in [6.45, 7) is 2.62. The van der Waals surface area contributed by atoms with Crippen molar-refractivity contribution < 1.29 is 4.74 Å². The fourth-order valence-electron chi connectivity index (χ4n) is 1.35. The Morgan fingerprint density at radius 3 is 2.79 bits per heavy atom. The van der Waals surface area contributed by atoms with Crippen LogP contribution in [-0.2, 0) is 4.74 Å². The summed E-state index contributed by atoms with van der Waals surface area (Å²) in [4.78, 5) is 0. The van der Waals surface area contributed by atoms with E-state index in [1.165, 1.54) is 11.1 Å². The lowest BCUT2D eigenvalue weighted by molar-refractivity contribution is 0.234. The monoisotopic (exact) mass is 191 g/mol. The molecule has 1 aromatic carbocycles. The van der Waals surface area contributed by atoms with Crippen LogP contribution in [0.3, 0.4) is 0 Å². The number of methoxy groups -OCH3 is 1. The van der Waals surface area contributed by atoms with Gasteiger partial charge in [0.05, 0.1) is 6.61 Å². The average molecular weight is 191 g/mol. The van der Waals surface area contributed by atoms with E-state index in [1.807, 2.05) is 31.2 Å². The van der Waals surface area contributed by atoms with Crippen molar-refractivity contribution in [3.63, 3.8) is 0 Å². The van der Waals surface area contributed by atoms with Gasteiger partial charge in [-0.3, -0.25) is 0 Å². The van der Waals surface area contributed by atoms with Gasteiger partial charge in [-0.2, -0.15) is 0 Å². The van der Waals surface area contributed by atoms with Crippen LogP contribution in [0.5, 0.6) is 0 Å². The van der Waals surface area contributed by atoms with Crippen molar-refractivity contribution in [1.82, 2.24) is 0 Å². The summed E-state index contributed by atoms with van der Waals surface area (Å²) in [6.07, 6.45) is 4.03. The lowest BCUT2D eigenvalue weighted by atomic mass is 10.0. The van der Waals surface area contributed by atoms with Crippen LogP contribution < -0.4 is 5.73 Å². The molecule has 0 fully saturated rings. The van der Waals surface area contributed by atoms with Gasteiger partial charge < -0.3 is 10.5 Å². The molecule has 1 rings (SSSR count). The third-order valence-electron chi connectivity index (χ3n) is 2.05. The normalized spacial score (nSPS) is 13.4. The zero-order valence-corrected chi connectivity index (χ0v) is 8.73. The molecule has 0 aliphatic rings. The number of nitrogens with two attached hydrogens (primary N) is 1. The molecule has 76 valence electrons. The van der Waals surface area contributed by atoms with Crippen molar-refractivity contribution >= 4 is 6.08 Å². The Bertz CT molecular complexity index is 305. The Balaban J connectivity index is 2.84. The Kier molecular flexibility index (Phi) is 4.36.